The van der Waals surface area contributed by atoms with Gasteiger partial charge in [-0.2, -0.15) is 5.26 Å². The van der Waals surface area contributed by atoms with Crippen molar-refractivity contribution in [3.63, 3.8) is 0 Å². The number of hydrogen-bond donors (Lipinski definition) is 4. The molecule has 0 radical (unpaired) electrons. The second-order valence-corrected chi connectivity index (χ2v) is 15.2. The van der Waals surface area contributed by atoms with Crippen LogP contribution in [0.4, 0.5) is 9.59 Å². The third-order valence-corrected chi connectivity index (χ3v) is 11.0. The number of aromatic amines is 2. The molecule has 13 heteroatoms. The average molecular weight is 760 g/mol. The molecule has 4 heterocycles. The van der Waals surface area contributed by atoms with Gasteiger partial charge < -0.3 is 39.9 Å². The Morgan fingerprint density at radius 1 is 0.768 bits per heavy atom. The normalized spacial score (nSPS) is 17.8. The maximum atomic E-state index is 12.1. The van der Waals surface area contributed by atoms with E-state index in [9.17, 15) is 14.9 Å². The van der Waals surface area contributed by atoms with Gasteiger partial charge in [0.15, 0.2) is 0 Å². The number of imidazole rings is 2. The van der Waals surface area contributed by atoms with Gasteiger partial charge in [-0.1, -0.05) is 77.3 Å². The first-order valence-electron chi connectivity index (χ1n) is 19.3. The quantitative estimate of drug-likeness (QED) is 0.106. The van der Waals surface area contributed by atoms with E-state index >= 15 is 0 Å². The fraction of sp³-hybridized carbons (Fsp3) is 0.419. The van der Waals surface area contributed by atoms with E-state index in [-0.39, 0.29) is 36.0 Å². The second kappa shape index (κ2) is 17.2. The predicted octanol–water partition coefficient (Wildman–Crippen LogP) is 8.07. The minimum absolute atomic E-state index is 0.0137. The Hall–Kier alpha value is -6.03. The summed E-state index contributed by atoms with van der Waals surface area (Å²) in [7, 11) is 2.72. The van der Waals surface area contributed by atoms with Crippen molar-refractivity contribution in [1.82, 2.24) is 40.4 Å². The fourth-order valence-corrected chi connectivity index (χ4v) is 7.98. The average Bonchev–Trinajstić information content (AvgIpc) is 4.04. The van der Waals surface area contributed by atoms with Gasteiger partial charge in [0, 0.05) is 30.0 Å². The second-order valence-electron chi connectivity index (χ2n) is 15.2. The smallest absolute Gasteiger partial charge is 0.407 e. The van der Waals surface area contributed by atoms with Crippen molar-refractivity contribution in [3.05, 3.63) is 96.6 Å². The Morgan fingerprint density at radius 2 is 1.21 bits per heavy atom. The van der Waals surface area contributed by atoms with Crippen LogP contribution in [0.1, 0.15) is 82.7 Å². The summed E-state index contributed by atoms with van der Waals surface area (Å²) < 4.78 is 9.73. The van der Waals surface area contributed by atoms with Gasteiger partial charge in [0.2, 0.25) is 0 Å². The van der Waals surface area contributed by atoms with Gasteiger partial charge in [-0.25, -0.2) is 19.6 Å². The Kier molecular flexibility index (Phi) is 12.2. The molecule has 13 nitrogen and oxygen atoms in total. The number of aromatic nitrogens is 4. The summed E-state index contributed by atoms with van der Waals surface area (Å²) in [6, 6.07) is 15.9. The summed E-state index contributed by atoms with van der Waals surface area (Å²) in [6.45, 7) is 18.6. The van der Waals surface area contributed by atoms with Gasteiger partial charge in [0.1, 0.15) is 11.6 Å². The van der Waals surface area contributed by atoms with Gasteiger partial charge >= 0.3 is 12.2 Å². The van der Waals surface area contributed by atoms with Crippen LogP contribution in [0.25, 0.3) is 33.6 Å². The Morgan fingerprint density at radius 3 is 1.66 bits per heavy atom. The van der Waals surface area contributed by atoms with Crippen LogP contribution in [0.3, 0.4) is 0 Å². The van der Waals surface area contributed by atoms with E-state index in [1.807, 2.05) is 68.7 Å². The highest BCUT2D eigenvalue weighted by Gasteiger charge is 2.35. The molecular formula is C43H53N9O4. The van der Waals surface area contributed by atoms with E-state index in [0.29, 0.717) is 5.56 Å². The third kappa shape index (κ3) is 8.29. The molecule has 4 atom stereocenters. The Labute approximate surface area is 329 Å². The number of H-pyrrole nitrogens is 2. The number of benzene rings is 2. The number of amides is 2. The van der Waals surface area contributed by atoms with Crippen LogP contribution in [0.5, 0.6) is 0 Å². The molecule has 2 saturated heterocycles. The van der Waals surface area contributed by atoms with Gasteiger partial charge in [-0.3, -0.25) is 0 Å². The minimum Gasteiger partial charge on any atom is -0.453 e. The predicted molar refractivity (Wildman–Crippen MR) is 216 cm³/mol. The zero-order valence-electron chi connectivity index (χ0n) is 33.2. The first-order valence-corrected chi connectivity index (χ1v) is 19.3. The van der Waals surface area contributed by atoms with Gasteiger partial charge in [0.05, 0.1) is 73.8 Å². The first kappa shape index (κ1) is 39.7. The van der Waals surface area contributed by atoms with Crippen LogP contribution in [0, 0.1) is 23.2 Å². The molecule has 2 aliphatic rings. The summed E-state index contributed by atoms with van der Waals surface area (Å²) in [5.41, 5.74) is 7.56. The monoisotopic (exact) mass is 759 g/mol. The van der Waals surface area contributed by atoms with Gasteiger partial charge in [0.25, 0.3) is 0 Å². The van der Waals surface area contributed by atoms with Crippen LogP contribution in [-0.4, -0.2) is 81.3 Å². The number of ether oxygens (including phenoxy) is 2. The largest absolute Gasteiger partial charge is 0.453 e. The zero-order chi connectivity index (χ0) is 40.1. The molecule has 0 saturated carbocycles. The summed E-state index contributed by atoms with van der Waals surface area (Å²) in [5.74, 6) is 1.93. The van der Waals surface area contributed by atoms with Crippen LogP contribution in [0.15, 0.2) is 79.4 Å². The molecule has 2 amide bonds. The first-order chi connectivity index (χ1) is 26.9. The van der Waals surface area contributed by atoms with Crippen molar-refractivity contribution >= 4 is 12.2 Å². The number of carbonyl (C=O) groups excluding carboxylic acids is 2. The van der Waals surface area contributed by atoms with E-state index < -0.39 is 12.2 Å². The molecule has 294 valence electrons. The molecule has 0 spiro atoms. The topological polar surface area (TPSA) is 164 Å². The highest BCUT2D eigenvalue weighted by atomic mass is 16.5. The summed E-state index contributed by atoms with van der Waals surface area (Å²) in [4.78, 5) is 45.2. The lowest BCUT2D eigenvalue weighted by Crippen LogP contribution is -2.44. The van der Waals surface area contributed by atoms with E-state index in [1.165, 1.54) is 14.2 Å². The van der Waals surface area contributed by atoms with Crippen LogP contribution in [0.2, 0.25) is 0 Å². The molecule has 2 aliphatic heterocycles. The number of nitriles is 1. The highest BCUT2D eigenvalue weighted by molar-refractivity contribution is 5.77. The van der Waals surface area contributed by atoms with Crippen molar-refractivity contribution in [2.24, 2.45) is 11.8 Å². The SMILES string of the molecule is C=C([C@@H](NC(=O)OC)C(C)C)N1CCC[C@H]1c1ncc(-c2ccc(-c3ccc(-c4cnc([C@@H]5CCCN5C(=C)[C@@H](NC(=O)OC)C(C)C)[nH]4)cc3C#N)cc2)[nH]1. The van der Waals surface area contributed by atoms with Crippen LogP contribution < -0.4 is 10.6 Å². The third-order valence-electron chi connectivity index (χ3n) is 11.0. The van der Waals surface area contributed by atoms with Crippen molar-refractivity contribution in [1.29, 1.82) is 5.26 Å². The van der Waals surface area contributed by atoms with Crippen molar-refractivity contribution < 1.29 is 19.1 Å². The number of hydrogen-bond acceptors (Lipinski definition) is 9. The van der Waals surface area contributed by atoms with Gasteiger partial charge in [-0.15, -0.1) is 0 Å². The molecule has 2 aromatic carbocycles. The molecule has 56 heavy (non-hydrogen) atoms. The lowest BCUT2D eigenvalue weighted by molar-refractivity contribution is 0.160. The number of carbonyl (C=O) groups is 2. The number of nitrogens with zero attached hydrogens (tertiary/aromatic N) is 5. The summed E-state index contributed by atoms with van der Waals surface area (Å²) in [6.07, 6.45) is 6.50. The maximum Gasteiger partial charge on any atom is 0.407 e. The minimum atomic E-state index is -0.483. The van der Waals surface area contributed by atoms with Crippen molar-refractivity contribution in [3.8, 4) is 39.7 Å². The number of rotatable bonds is 13. The maximum absolute atomic E-state index is 12.1. The summed E-state index contributed by atoms with van der Waals surface area (Å²) in [5, 5.41) is 16.1. The molecule has 0 unspecified atom stereocenters. The molecular weight excluding hydrogens is 707 g/mol. The number of alkyl carbamates (subject to hydrolysis) is 2. The van der Waals surface area contributed by atoms with Crippen molar-refractivity contribution in [2.75, 3.05) is 27.3 Å². The molecule has 4 aromatic rings. The lowest BCUT2D eigenvalue weighted by atomic mass is 9.96. The molecule has 0 bridgehead atoms. The van der Waals surface area contributed by atoms with E-state index in [2.05, 4.69) is 63.5 Å². The van der Waals surface area contributed by atoms with E-state index in [4.69, 9.17) is 19.4 Å². The Bertz CT molecular complexity index is 2090. The Balaban J connectivity index is 1.15. The van der Waals surface area contributed by atoms with E-state index in [1.54, 1.807) is 0 Å². The molecule has 2 aromatic heterocycles. The van der Waals surface area contributed by atoms with Crippen LogP contribution >= 0.6 is 0 Å². The van der Waals surface area contributed by atoms with E-state index in [0.717, 1.165) is 95.5 Å². The number of methoxy groups -OCH3 is 2. The highest BCUT2D eigenvalue weighted by Crippen LogP contribution is 2.38. The number of likely N-dealkylation sites (tertiary alicyclic amines) is 2. The van der Waals surface area contributed by atoms with Crippen LogP contribution in [-0.2, 0) is 9.47 Å². The number of nitrogens with one attached hydrogen (secondary N) is 4. The standard InChI is InChI=1S/C43H53N9O4/c1-25(2)38(49-42(53)55-7)27(5)51-19-9-11-36(51)40-45-23-34(47-40)30-15-13-29(14-16-30)33-18-17-31(21-32(33)22-44)35-24-46-41(48-35)37-12-10-20-52(37)28(6)39(26(3)4)50-43(54)56-8/h13-18,21,23-26,36-39H,5-6,9-12,19-20H2,1-4,7-8H3,(H,45,47)(H,46,48)(H,49,53)(H,50,54)/t36-,37-,38-,39-/m0/s1. The van der Waals surface area contributed by atoms with Gasteiger partial charge in [-0.05, 0) is 60.3 Å². The molecule has 2 fully saturated rings. The fourth-order valence-electron chi connectivity index (χ4n) is 7.98. The molecule has 6 rings (SSSR count). The zero-order valence-corrected chi connectivity index (χ0v) is 33.2. The molecule has 4 N–H and O–H groups in total. The van der Waals surface area contributed by atoms with Crippen molar-refractivity contribution in [2.45, 2.75) is 77.5 Å². The lowest BCUT2D eigenvalue weighted by Gasteiger charge is -2.34. The summed E-state index contributed by atoms with van der Waals surface area (Å²) >= 11 is 0. The molecule has 0 aliphatic carbocycles.